The van der Waals surface area contributed by atoms with Crippen LogP contribution in [0.15, 0.2) is 237 Å². The van der Waals surface area contributed by atoms with Crippen LogP contribution in [0.4, 0.5) is 61.5 Å². The summed E-state index contributed by atoms with van der Waals surface area (Å²) in [6.07, 6.45) is -4.48. The Balaban J connectivity index is 0.000000650. The SMILES string of the molecule is CC(C)c1cc(F)ccc1F.CC(C)c1ccc(C(F)(F)F)cc1F.CC(C)c1ccc(Cl)cc1.CC(C)c1ccc(Cl)cc1F.CC(C)c1ccc(F)c(F)c1.CC(C)c1ccc(F)cc1.CC(C)c1ccc(F)cc1F.CC(C)c1cccc(Cl)c1.CC(C)c1cccc(F)c1.CC(C)c1ccccc1Cl.CC(C)c1ccccc1F. The number of hydrogen-bond acceptors (Lipinski definition) is 0. The molecule has 0 saturated heterocycles. The van der Waals surface area contributed by atoms with Gasteiger partial charge in [0.25, 0.3) is 0 Å². The second-order valence-electron chi connectivity index (χ2n) is 30.9. The Labute approximate surface area is 714 Å². The topological polar surface area (TPSA) is 0 Å². The molecule has 0 amide bonds. The first-order valence-electron chi connectivity index (χ1n) is 39.2. The molecule has 0 aliphatic rings. The number of rotatable bonds is 11. The van der Waals surface area contributed by atoms with Gasteiger partial charge in [0.15, 0.2) is 11.6 Å². The predicted octanol–water partition coefficient (Wildman–Crippen LogP) is 36.1. The van der Waals surface area contributed by atoms with Gasteiger partial charge in [-0.3, -0.25) is 0 Å². The molecule has 18 heteroatoms. The Hall–Kier alpha value is -8.40. The van der Waals surface area contributed by atoms with Crippen LogP contribution in [0.5, 0.6) is 0 Å². The minimum Gasteiger partial charge on any atom is -0.207 e. The summed E-state index contributed by atoms with van der Waals surface area (Å²) in [4.78, 5) is 0. The van der Waals surface area contributed by atoms with Crippen molar-refractivity contribution in [3.05, 3.63) is 387 Å². The molecule has 0 spiro atoms. The van der Waals surface area contributed by atoms with Gasteiger partial charge >= 0.3 is 6.18 Å². The van der Waals surface area contributed by atoms with Crippen LogP contribution in [-0.2, 0) is 6.18 Å². The lowest BCUT2D eigenvalue weighted by Gasteiger charge is -2.10. The van der Waals surface area contributed by atoms with Crippen LogP contribution < -0.4 is 0 Å². The number of benzene rings is 11. The molecule has 0 aromatic heterocycles. The Morgan fingerprint density at radius 3 is 0.898 bits per heavy atom. The highest BCUT2D eigenvalue weighted by Gasteiger charge is 2.31. The van der Waals surface area contributed by atoms with Crippen molar-refractivity contribution in [3.8, 4) is 0 Å². The third kappa shape index (κ3) is 43.0. The first kappa shape index (κ1) is 108. The van der Waals surface area contributed by atoms with E-state index in [9.17, 15) is 61.5 Å². The van der Waals surface area contributed by atoms with E-state index in [1.807, 2.05) is 148 Å². The van der Waals surface area contributed by atoms with E-state index in [-0.39, 0.29) is 70.4 Å². The summed E-state index contributed by atoms with van der Waals surface area (Å²) >= 11 is 23.0. The molecule has 0 heterocycles. The lowest BCUT2D eigenvalue weighted by molar-refractivity contribution is -0.137. The van der Waals surface area contributed by atoms with E-state index in [1.165, 1.54) is 82.9 Å². The van der Waals surface area contributed by atoms with Crippen molar-refractivity contribution >= 4 is 46.4 Å². The molecule has 0 bridgehead atoms. The Kier molecular flexibility index (Phi) is 50.6. The molecule has 0 fully saturated rings. The second kappa shape index (κ2) is 55.4. The molecular formula is C100H116Cl4F14. The van der Waals surface area contributed by atoms with E-state index >= 15 is 0 Å². The molecule has 0 N–H and O–H groups in total. The Morgan fingerprint density at radius 2 is 0.525 bits per heavy atom. The fourth-order valence-corrected chi connectivity index (χ4v) is 11.1. The highest BCUT2D eigenvalue weighted by molar-refractivity contribution is 6.31. The maximum Gasteiger partial charge on any atom is 0.416 e. The quantitative estimate of drug-likeness (QED) is 0.113. The molecule has 0 nitrogen and oxygen atoms in total. The highest BCUT2D eigenvalue weighted by Crippen LogP contribution is 2.33. The fraction of sp³-hybridized carbons (Fsp3) is 0.340. The zero-order valence-corrected chi connectivity index (χ0v) is 74.7. The van der Waals surface area contributed by atoms with Crippen LogP contribution in [0.25, 0.3) is 0 Å². The summed E-state index contributed by atoms with van der Waals surface area (Å²) in [5, 5.41) is 2.96. The fourth-order valence-electron chi connectivity index (χ4n) is 10.3. The van der Waals surface area contributed by atoms with Crippen LogP contribution >= 0.6 is 46.4 Å². The monoisotopic (exact) mass is 1720 g/mol. The summed E-state index contributed by atoms with van der Waals surface area (Å²) in [6.45, 7) is 43.8. The lowest BCUT2D eigenvalue weighted by atomic mass is 10.0. The van der Waals surface area contributed by atoms with Gasteiger partial charge in [-0.2, -0.15) is 13.2 Å². The van der Waals surface area contributed by atoms with Crippen LogP contribution in [0.3, 0.4) is 0 Å². The summed E-state index contributed by atoms with van der Waals surface area (Å²) in [5.41, 5.74) is 8.79. The van der Waals surface area contributed by atoms with Crippen molar-refractivity contribution in [2.75, 3.05) is 0 Å². The minimum atomic E-state index is -4.48. The standard InChI is InChI=1S/C10H10F4.C9H10ClF.3C9H11Cl.3C9H10F2.3C9H11F/c1-6(2)8-4-3-7(5-9(8)11)10(12,13)14;1-6(2)8-4-3-7(10)5-9(8)11;1-7(2)8-3-5-9(10)6-4-8;1-7(2)8-4-3-5-9(10)6-8;1-7(2)8-5-3-4-6-9(8)10;1-6(2)8-5-7(10)3-4-9(8)11;1-6(2)8-4-3-7(10)5-9(8)11;1-6(2)7-3-4-8(10)9(11)5-7;1-7(2)8-3-5-9(10)6-4-8;1-7(2)8-4-3-5-9(10)6-8;1-7(2)8-5-3-4-6-9(8)10/h3-6H,1-2H3;3-6H,1-2H3;3*3-7H,1-2H3;3*3-6H,1-2H3;3*3-7H,1-2H3. The highest BCUT2D eigenvalue weighted by atomic mass is 35.5. The van der Waals surface area contributed by atoms with E-state index < -0.39 is 40.8 Å². The van der Waals surface area contributed by atoms with Gasteiger partial charge < -0.3 is 0 Å². The summed E-state index contributed by atoms with van der Waals surface area (Å²) in [6, 6.07) is 62.7. The van der Waals surface area contributed by atoms with Crippen LogP contribution in [0.1, 0.15) is 284 Å². The van der Waals surface area contributed by atoms with E-state index in [2.05, 4.69) is 93.5 Å². The predicted molar refractivity (Wildman–Crippen MR) is 470 cm³/mol. The van der Waals surface area contributed by atoms with Crippen LogP contribution in [0.2, 0.25) is 20.1 Å². The van der Waals surface area contributed by atoms with Crippen molar-refractivity contribution in [1.82, 2.24) is 0 Å². The molecular weight excluding hydrogens is 1610 g/mol. The molecule has 118 heavy (non-hydrogen) atoms. The Bertz CT molecular complexity index is 4440. The van der Waals surface area contributed by atoms with E-state index in [0.717, 1.165) is 67.7 Å². The lowest BCUT2D eigenvalue weighted by Crippen LogP contribution is -2.06. The van der Waals surface area contributed by atoms with E-state index in [1.54, 1.807) is 50.2 Å². The summed E-state index contributed by atoms with van der Waals surface area (Å²) in [7, 11) is 0. The average molecular weight is 1730 g/mol. The van der Waals surface area contributed by atoms with Crippen molar-refractivity contribution in [3.63, 3.8) is 0 Å². The van der Waals surface area contributed by atoms with Gasteiger partial charge in [0.05, 0.1) is 5.56 Å². The van der Waals surface area contributed by atoms with Gasteiger partial charge in [-0.15, -0.1) is 0 Å². The molecule has 11 aromatic carbocycles. The number of hydrogen-bond donors (Lipinski definition) is 0. The minimum absolute atomic E-state index is 0.0331. The molecule has 0 unspecified atom stereocenters. The maximum absolute atomic E-state index is 13.1. The molecule has 642 valence electrons. The average Bonchev–Trinajstić information content (AvgIpc) is 0.826. The number of alkyl halides is 3. The maximum atomic E-state index is 13.1. The van der Waals surface area contributed by atoms with Crippen molar-refractivity contribution in [2.45, 2.75) is 224 Å². The zero-order chi connectivity index (χ0) is 90.0. The van der Waals surface area contributed by atoms with Crippen molar-refractivity contribution in [2.24, 2.45) is 0 Å². The van der Waals surface area contributed by atoms with Crippen molar-refractivity contribution < 1.29 is 61.5 Å². The number of halogens is 18. The Morgan fingerprint density at radius 1 is 0.195 bits per heavy atom. The van der Waals surface area contributed by atoms with Crippen LogP contribution in [-0.4, -0.2) is 0 Å². The normalized spacial score (nSPS) is 10.7. The molecule has 0 radical (unpaired) electrons. The van der Waals surface area contributed by atoms with Gasteiger partial charge in [0, 0.05) is 26.2 Å². The van der Waals surface area contributed by atoms with Gasteiger partial charge in [-0.25, -0.2) is 48.3 Å². The van der Waals surface area contributed by atoms with Crippen molar-refractivity contribution in [1.29, 1.82) is 0 Å². The molecule has 0 aliphatic carbocycles. The molecule has 0 saturated carbocycles. The van der Waals surface area contributed by atoms with E-state index in [4.69, 9.17) is 46.4 Å². The first-order chi connectivity index (χ1) is 55.0. The van der Waals surface area contributed by atoms with E-state index in [0.29, 0.717) is 57.4 Å². The van der Waals surface area contributed by atoms with Gasteiger partial charge in [-0.1, -0.05) is 308 Å². The van der Waals surface area contributed by atoms with Gasteiger partial charge in [0.2, 0.25) is 0 Å². The second-order valence-corrected chi connectivity index (χ2v) is 32.6. The first-order valence-corrected chi connectivity index (χ1v) is 40.7. The van der Waals surface area contributed by atoms with Gasteiger partial charge in [-0.05, 0) is 248 Å². The molecule has 0 atom stereocenters. The third-order valence-electron chi connectivity index (χ3n) is 17.5. The molecule has 0 aliphatic heterocycles. The zero-order valence-electron chi connectivity index (χ0n) is 71.7. The summed E-state index contributed by atoms with van der Waals surface area (Å²) in [5.74, 6) is -1.32. The smallest absolute Gasteiger partial charge is 0.207 e. The third-order valence-corrected chi connectivity index (χ3v) is 18.5. The van der Waals surface area contributed by atoms with Gasteiger partial charge in [0.1, 0.15) is 52.4 Å². The molecule has 11 rings (SSSR count). The van der Waals surface area contributed by atoms with Crippen LogP contribution in [0, 0.1) is 64.0 Å². The summed E-state index contributed by atoms with van der Waals surface area (Å²) < 4.78 is 176. The largest absolute Gasteiger partial charge is 0.416 e. The molecule has 11 aromatic rings.